The SMILES string of the molecule is CC(C)CC1(CNC(=O)N[C@H](CCO)C(=O)O)CCCC1. The van der Waals surface area contributed by atoms with Crippen LogP contribution >= 0.6 is 0 Å². The van der Waals surface area contributed by atoms with E-state index >= 15 is 0 Å². The molecule has 0 aromatic rings. The van der Waals surface area contributed by atoms with Crippen molar-refractivity contribution in [3.63, 3.8) is 0 Å². The molecule has 1 aliphatic carbocycles. The van der Waals surface area contributed by atoms with Crippen LogP contribution in [0, 0.1) is 11.3 Å². The van der Waals surface area contributed by atoms with Crippen molar-refractivity contribution in [2.24, 2.45) is 11.3 Å². The minimum absolute atomic E-state index is 0.0138. The molecule has 1 fully saturated rings. The maximum Gasteiger partial charge on any atom is 0.326 e. The largest absolute Gasteiger partial charge is 0.480 e. The van der Waals surface area contributed by atoms with Gasteiger partial charge in [-0.25, -0.2) is 9.59 Å². The number of amides is 2. The standard InChI is InChI=1S/C15H28N2O4/c1-11(2)9-15(6-3-4-7-15)10-16-14(21)17-12(5-8-18)13(19)20/h11-12,18H,3-10H2,1-2H3,(H,19,20)(H2,16,17,21)/t12-/m1/s1. The molecule has 2 amide bonds. The van der Waals surface area contributed by atoms with Crippen molar-refractivity contribution in [2.75, 3.05) is 13.2 Å². The van der Waals surface area contributed by atoms with Crippen molar-refractivity contribution in [1.82, 2.24) is 10.6 Å². The van der Waals surface area contributed by atoms with Crippen molar-refractivity contribution < 1.29 is 19.8 Å². The van der Waals surface area contributed by atoms with E-state index in [1.165, 1.54) is 12.8 Å². The van der Waals surface area contributed by atoms with Gasteiger partial charge < -0.3 is 20.8 Å². The summed E-state index contributed by atoms with van der Waals surface area (Å²) < 4.78 is 0. The maximum atomic E-state index is 11.9. The van der Waals surface area contributed by atoms with E-state index in [-0.39, 0.29) is 18.4 Å². The molecule has 0 aromatic heterocycles. The zero-order valence-electron chi connectivity index (χ0n) is 13.0. The number of hydrogen-bond donors (Lipinski definition) is 4. The number of hydrogen-bond acceptors (Lipinski definition) is 3. The normalized spacial score (nSPS) is 18.5. The smallest absolute Gasteiger partial charge is 0.326 e. The van der Waals surface area contributed by atoms with E-state index in [9.17, 15) is 9.59 Å². The van der Waals surface area contributed by atoms with Crippen molar-refractivity contribution in [1.29, 1.82) is 0 Å². The highest BCUT2D eigenvalue weighted by Crippen LogP contribution is 2.42. The minimum atomic E-state index is -1.13. The van der Waals surface area contributed by atoms with Crippen LogP contribution in [0.15, 0.2) is 0 Å². The van der Waals surface area contributed by atoms with Crippen molar-refractivity contribution in [2.45, 2.75) is 58.4 Å². The third kappa shape index (κ3) is 5.91. The van der Waals surface area contributed by atoms with Gasteiger partial charge in [0.1, 0.15) is 6.04 Å². The summed E-state index contributed by atoms with van der Waals surface area (Å²) in [6.07, 6.45) is 5.71. The Balaban J connectivity index is 2.48. The van der Waals surface area contributed by atoms with Crippen LogP contribution in [0.4, 0.5) is 4.79 Å². The molecule has 21 heavy (non-hydrogen) atoms. The molecule has 0 heterocycles. The van der Waals surface area contributed by atoms with Crippen LogP contribution in [0.1, 0.15) is 52.4 Å². The Morgan fingerprint density at radius 1 is 1.24 bits per heavy atom. The Kier molecular flexibility index (Phi) is 6.95. The quantitative estimate of drug-likeness (QED) is 0.548. The summed E-state index contributed by atoms with van der Waals surface area (Å²) in [6.45, 7) is 4.68. The second-order valence-electron chi connectivity index (χ2n) is 6.54. The first-order valence-electron chi connectivity index (χ1n) is 7.76. The number of rotatable bonds is 8. The molecule has 1 saturated carbocycles. The van der Waals surface area contributed by atoms with Crippen LogP contribution < -0.4 is 10.6 Å². The monoisotopic (exact) mass is 300 g/mol. The Labute approximate surface area is 126 Å². The Morgan fingerprint density at radius 2 is 1.86 bits per heavy atom. The lowest BCUT2D eigenvalue weighted by molar-refractivity contribution is -0.139. The number of carboxylic acid groups (broad SMARTS) is 1. The van der Waals surface area contributed by atoms with Crippen LogP contribution in [0.3, 0.4) is 0 Å². The predicted octanol–water partition coefficient (Wildman–Crippen LogP) is 1.73. The lowest BCUT2D eigenvalue weighted by atomic mass is 9.78. The first-order chi connectivity index (χ1) is 9.88. The van der Waals surface area contributed by atoms with Gasteiger partial charge in [0.15, 0.2) is 0 Å². The number of urea groups is 1. The van der Waals surface area contributed by atoms with E-state index in [2.05, 4.69) is 24.5 Å². The Morgan fingerprint density at radius 3 is 2.33 bits per heavy atom. The summed E-state index contributed by atoms with van der Waals surface area (Å²) in [5, 5.41) is 23.0. The number of aliphatic hydroxyl groups is 1. The second kappa shape index (κ2) is 8.22. The van der Waals surface area contributed by atoms with Gasteiger partial charge >= 0.3 is 12.0 Å². The van der Waals surface area contributed by atoms with Crippen molar-refractivity contribution in [3.05, 3.63) is 0 Å². The van der Waals surface area contributed by atoms with Gasteiger partial charge in [-0.05, 0) is 30.6 Å². The summed E-state index contributed by atoms with van der Waals surface area (Å²) in [7, 11) is 0. The van der Waals surface area contributed by atoms with Crippen molar-refractivity contribution >= 4 is 12.0 Å². The fourth-order valence-electron chi connectivity index (χ4n) is 3.31. The molecule has 122 valence electrons. The van der Waals surface area contributed by atoms with Gasteiger partial charge in [0.05, 0.1) is 0 Å². The summed E-state index contributed by atoms with van der Waals surface area (Å²) in [6, 6.07) is -1.51. The lowest BCUT2D eigenvalue weighted by Gasteiger charge is -2.31. The van der Waals surface area contributed by atoms with Crippen LogP contribution in [0.5, 0.6) is 0 Å². The van der Waals surface area contributed by atoms with Gasteiger partial charge in [-0.2, -0.15) is 0 Å². The van der Waals surface area contributed by atoms with Crippen LogP contribution in [-0.2, 0) is 4.79 Å². The topological polar surface area (TPSA) is 98.7 Å². The predicted molar refractivity (Wildman–Crippen MR) is 80.0 cm³/mol. The van der Waals surface area contributed by atoms with Crippen LogP contribution in [-0.4, -0.2) is 41.4 Å². The second-order valence-corrected chi connectivity index (χ2v) is 6.54. The highest BCUT2D eigenvalue weighted by molar-refractivity contribution is 5.82. The van der Waals surface area contributed by atoms with E-state index in [0.717, 1.165) is 19.3 Å². The first-order valence-corrected chi connectivity index (χ1v) is 7.76. The molecule has 0 spiro atoms. The lowest BCUT2D eigenvalue weighted by Crippen LogP contribution is -2.48. The molecular formula is C15H28N2O4. The number of aliphatic hydroxyl groups excluding tert-OH is 1. The maximum absolute atomic E-state index is 11.9. The summed E-state index contributed by atoms with van der Waals surface area (Å²) >= 11 is 0. The Bertz CT molecular complexity index is 352. The van der Waals surface area contributed by atoms with E-state index in [4.69, 9.17) is 10.2 Å². The molecule has 0 bridgehead atoms. The van der Waals surface area contributed by atoms with E-state index in [1.54, 1.807) is 0 Å². The van der Waals surface area contributed by atoms with Crippen LogP contribution in [0.25, 0.3) is 0 Å². The average molecular weight is 300 g/mol. The minimum Gasteiger partial charge on any atom is -0.480 e. The number of aliphatic carboxylic acids is 1. The number of carbonyl (C=O) groups is 2. The third-order valence-corrected chi connectivity index (χ3v) is 4.15. The van der Waals surface area contributed by atoms with Gasteiger partial charge in [0.2, 0.25) is 0 Å². The van der Waals surface area contributed by atoms with Gasteiger partial charge in [-0.3, -0.25) is 0 Å². The molecule has 0 saturated heterocycles. The molecule has 6 nitrogen and oxygen atoms in total. The highest BCUT2D eigenvalue weighted by atomic mass is 16.4. The van der Waals surface area contributed by atoms with Gasteiger partial charge in [-0.1, -0.05) is 26.7 Å². The Hall–Kier alpha value is -1.30. The highest BCUT2D eigenvalue weighted by Gasteiger charge is 2.34. The van der Waals surface area contributed by atoms with E-state index < -0.39 is 18.0 Å². The van der Waals surface area contributed by atoms with Gasteiger partial charge in [0.25, 0.3) is 0 Å². The molecule has 1 aliphatic rings. The number of carboxylic acids is 1. The molecule has 6 heteroatoms. The summed E-state index contributed by atoms with van der Waals surface area (Å²) in [5.41, 5.74) is 0.154. The average Bonchev–Trinajstić information content (AvgIpc) is 2.84. The molecule has 1 atom stereocenters. The van der Waals surface area contributed by atoms with Gasteiger partial charge in [0, 0.05) is 19.6 Å². The fraction of sp³-hybridized carbons (Fsp3) is 0.867. The zero-order valence-corrected chi connectivity index (χ0v) is 13.0. The molecule has 0 aliphatic heterocycles. The van der Waals surface area contributed by atoms with Gasteiger partial charge in [-0.15, -0.1) is 0 Å². The fourth-order valence-corrected chi connectivity index (χ4v) is 3.31. The van der Waals surface area contributed by atoms with E-state index in [0.29, 0.717) is 12.5 Å². The summed E-state index contributed by atoms with van der Waals surface area (Å²) in [4.78, 5) is 22.8. The molecule has 0 unspecified atom stereocenters. The number of carbonyl (C=O) groups excluding carboxylic acids is 1. The molecule has 0 radical (unpaired) electrons. The molecular weight excluding hydrogens is 272 g/mol. The number of nitrogens with one attached hydrogen (secondary N) is 2. The molecule has 1 rings (SSSR count). The molecule has 4 N–H and O–H groups in total. The molecule has 0 aromatic carbocycles. The van der Waals surface area contributed by atoms with Crippen molar-refractivity contribution in [3.8, 4) is 0 Å². The first kappa shape index (κ1) is 17.8. The zero-order chi connectivity index (χ0) is 15.9. The summed E-state index contributed by atoms with van der Waals surface area (Å²) in [5.74, 6) is -0.550. The van der Waals surface area contributed by atoms with Crippen LogP contribution in [0.2, 0.25) is 0 Å². The third-order valence-electron chi connectivity index (χ3n) is 4.15. The van der Waals surface area contributed by atoms with E-state index in [1.807, 2.05) is 0 Å².